The number of benzene rings is 1. The van der Waals surface area contributed by atoms with Crippen LogP contribution >= 0.6 is 11.6 Å². The summed E-state index contributed by atoms with van der Waals surface area (Å²) in [5.41, 5.74) is -0.119. The number of amides is 1. The molecule has 0 atom stereocenters. The Morgan fingerprint density at radius 3 is 2.50 bits per heavy atom. The molecule has 2 heterocycles. The molecule has 3 rings (SSSR count). The molecule has 8 heteroatoms. The number of nitrogens with one attached hydrogen (secondary N) is 1. The molecule has 1 N–H and O–H groups in total. The SMILES string of the molecule is O=C(Nc1cccc(Cl)c1)C1CCN(c2ccc(C(F)(F)F)cn2)CC1. The van der Waals surface area contributed by atoms with Gasteiger partial charge >= 0.3 is 6.18 Å². The number of carbonyl (C=O) groups is 1. The summed E-state index contributed by atoms with van der Waals surface area (Å²) in [4.78, 5) is 18.2. The predicted octanol–water partition coefficient (Wildman–Crippen LogP) is 4.61. The Morgan fingerprint density at radius 1 is 1.19 bits per heavy atom. The second-order valence-electron chi connectivity index (χ2n) is 6.16. The summed E-state index contributed by atoms with van der Waals surface area (Å²) in [7, 11) is 0. The largest absolute Gasteiger partial charge is 0.417 e. The lowest BCUT2D eigenvalue weighted by Gasteiger charge is -2.32. The number of piperidine rings is 1. The summed E-state index contributed by atoms with van der Waals surface area (Å²) in [5.74, 6) is 0.263. The number of aromatic nitrogens is 1. The number of rotatable bonds is 3. The molecule has 0 aliphatic carbocycles. The van der Waals surface area contributed by atoms with Gasteiger partial charge in [-0.1, -0.05) is 17.7 Å². The molecule has 1 fully saturated rings. The van der Waals surface area contributed by atoms with Crippen molar-refractivity contribution in [1.82, 2.24) is 4.98 Å². The maximum atomic E-state index is 12.6. The molecule has 4 nitrogen and oxygen atoms in total. The summed E-state index contributed by atoms with van der Waals surface area (Å²) in [6.07, 6.45) is -2.34. The number of alkyl halides is 3. The van der Waals surface area contributed by atoms with E-state index in [2.05, 4.69) is 10.3 Å². The molecule has 1 aliphatic heterocycles. The van der Waals surface area contributed by atoms with Crippen molar-refractivity contribution in [3.63, 3.8) is 0 Å². The van der Waals surface area contributed by atoms with E-state index < -0.39 is 11.7 Å². The quantitative estimate of drug-likeness (QED) is 0.841. The van der Waals surface area contributed by atoms with Crippen LogP contribution in [0.3, 0.4) is 0 Å². The third-order valence-electron chi connectivity index (χ3n) is 4.36. The second kappa shape index (κ2) is 7.53. The van der Waals surface area contributed by atoms with E-state index in [9.17, 15) is 18.0 Å². The molecule has 1 saturated heterocycles. The summed E-state index contributed by atoms with van der Waals surface area (Å²) in [5, 5.41) is 3.40. The standard InChI is InChI=1S/C18H17ClF3N3O/c19-14-2-1-3-15(10-14)24-17(26)12-6-8-25(9-7-12)16-5-4-13(11-23-16)18(20,21)22/h1-5,10-12H,6-9H2,(H,24,26). The van der Waals surface area contributed by atoms with Crippen molar-refractivity contribution in [1.29, 1.82) is 0 Å². The lowest BCUT2D eigenvalue weighted by atomic mass is 9.95. The topological polar surface area (TPSA) is 45.2 Å². The Bertz CT molecular complexity index is 772. The van der Waals surface area contributed by atoms with Crippen LogP contribution in [0.2, 0.25) is 5.02 Å². The predicted molar refractivity (Wildman–Crippen MR) is 94.3 cm³/mol. The molecule has 0 unspecified atom stereocenters. The van der Waals surface area contributed by atoms with Gasteiger partial charge in [-0.05, 0) is 43.2 Å². The number of halogens is 4. The van der Waals surface area contributed by atoms with E-state index in [1.807, 2.05) is 4.90 Å². The molecule has 0 spiro atoms. The van der Waals surface area contributed by atoms with E-state index in [0.717, 1.165) is 12.3 Å². The van der Waals surface area contributed by atoms with Crippen molar-refractivity contribution in [3.8, 4) is 0 Å². The molecule has 2 aromatic rings. The molecule has 1 aliphatic rings. The van der Waals surface area contributed by atoms with E-state index in [1.54, 1.807) is 24.3 Å². The lowest BCUT2D eigenvalue weighted by Crippen LogP contribution is -2.38. The number of hydrogen-bond acceptors (Lipinski definition) is 3. The van der Waals surface area contributed by atoms with Gasteiger partial charge in [0.1, 0.15) is 5.82 Å². The van der Waals surface area contributed by atoms with Crippen LogP contribution < -0.4 is 10.2 Å². The first-order valence-corrected chi connectivity index (χ1v) is 8.55. The number of hydrogen-bond donors (Lipinski definition) is 1. The zero-order chi connectivity index (χ0) is 18.7. The van der Waals surface area contributed by atoms with E-state index in [1.165, 1.54) is 6.07 Å². The van der Waals surface area contributed by atoms with E-state index in [4.69, 9.17) is 11.6 Å². The maximum Gasteiger partial charge on any atom is 0.417 e. The van der Waals surface area contributed by atoms with Crippen molar-refractivity contribution >= 4 is 29.0 Å². The van der Waals surface area contributed by atoms with Gasteiger partial charge < -0.3 is 10.2 Å². The van der Waals surface area contributed by atoms with Crippen molar-refractivity contribution in [2.24, 2.45) is 5.92 Å². The molecule has 1 amide bonds. The second-order valence-corrected chi connectivity index (χ2v) is 6.60. The number of anilines is 2. The van der Waals surface area contributed by atoms with Crippen molar-refractivity contribution in [2.75, 3.05) is 23.3 Å². The summed E-state index contributed by atoms with van der Waals surface area (Å²) in [6.45, 7) is 1.12. The van der Waals surface area contributed by atoms with Crippen molar-refractivity contribution in [3.05, 3.63) is 53.2 Å². The summed E-state index contributed by atoms with van der Waals surface area (Å²) < 4.78 is 37.8. The lowest BCUT2D eigenvalue weighted by molar-refractivity contribution is -0.137. The molecule has 1 aromatic carbocycles. The van der Waals surface area contributed by atoms with Gasteiger partial charge in [-0.15, -0.1) is 0 Å². The van der Waals surface area contributed by atoms with Crippen LogP contribution in [-0.2, 0) is 11.0 Å². The molecular formula is C18H17ClF3N3O. The fourth-order valence-corrected chi connectivity index (χ4v) is 3.11. The van der Waals surface area contributed by atoms with Crippen LogP contribution in [0.5, 0.6) is 0 Å². The van der Waals surface area contributed by atoms with Gasteiger partial charge in [0.2, 0.25) is 5.91 Å². The first kappa shape index (κ1) is 18.5. The van der Waals surface area contributed by atoms with Gasteiger partial charge in [0.05, 0.1) is 5.56 Å². The highest BCUT2D eigenvalue weighted by molar-refractivity contribution is 6.30. The average Bonchev–Trinajstić information content (AvgIpc) is 2.61. The minimum Gasteiger partial charge on any atom is -0.357 e. The third-order valence-corrected chi connectivity index (χ3v) is 4.59. The fourth-order valence-electron chi connectivity index (χ4n) is 2.92. The highest BCUT2D eigenvalue weighted by Crippen LogP contribution is 2.30. The maximum absolute atomic E-state index is 12.6. The Hall–Kier alpha value is -2.28. The van der Waals surface area contributed by atoms with Gasteiger partial charge in [-0.25, -0.2) is 4.98 Å². The first-order chi connectivity index (χ1) is 12.3. The smallest absolute Gasteiger partial charge is 0.357 e. The van der Waals surface area contributed by atoms with Crippen LogP contribution in [0.4, 0.5) is 24.7 Å². The molecule has 1 aromatic heterocycles. The Morgan fingerprint density at radius 2 is 1.92 bits per heavy atom. The van der Waals surface area contributed by atoms with Gasteiger partial charge in [-0.2, -0.15) is 13.2 Å². The third kappa shape index (κ3) is 4.46. The summed E-state index contributed by atoms with van der Waals surface area (Å²) >= 11 is 5.90. The Balaban J connectivity index is 1.56. The summed E-state index contributed by atoms with van der Waals surface area (Å²) in [6, 6.07) is 9.34. The van der Waals surface area contributed by atoms with Crippen molar-refractivity contribution in [2.45, 2.75) is 19.0 Å². The molecule has 138 valence electrons. The fraction of sp³-hybridized carbons (Fsp3) is 0.333. The number of nitrogens with zero attached hydrogens (tertiary/aromatic N) is 2. The van der Waals surface area contributed by atoms with Gasteiger partial charge in [0.25, 0.3) is 0 Å². The van der Waals surface area contributed by atoms with Gasteiger partial charge in [-0.3, -0.25) is 4.79 Å². The van der Waals surface area contributed by atoms with Crippen LogP contribution in [0.1, 0.15) is 18.4 Å². The van der Waals surface area contributed by atoms with Crippen LogP contribution in [0, 0.1) is 5.92 Å². The van der Waals surface area contributed by atoms with Gasteiger partial charge in [0, 0.05) is 35.9 Å². The first-order valence-electron chi connectivity index (χ1n) is 8.17. The minimum atomic E-state index is -4.39. The highest BCUT2D eigenvalue weighted by Gasteiger charge is 2.31. The number of carbonyl (C=O) groups excluding carboxylic acids is 1. The number of pyridine rings is 1. The monoisotopic (exact) mass is 383 g/mol. The van der Waals surface area contributed by atoms with E-state index in [0.29, 0.717) is 42.5 Å². The molecule has 0 radical (unpaired) electrons. The Kier molecular flexibility index (Phi) is 5.36. The van der Waals surface area contributed by atoms with Crippen molar-refractivity contribution < 1.29 is 18.0 Å². The molecule has 0 bridgehead atoms. The zero-order valence-corrected chi connectivity index (χ0v) is 14.5. The molecule has 0 saturated carbocycles. The molecular weight excluding hydrogens is 367 g/mol. The van der Waals surface area contributed by atoms with Crippen LogP contribution in [-0.4, -0.2) is 24.0 Å². The van der Waals surface area contributed by atoms with Crippen LogP contribution in [0.15, 0.2) is 42.6 Å². The average molecular weight is 384 g/mol. The van der Waals surface area contributed by atoms with E-state index >= 15 is 0 Å². The normalized spacial score (nSPS) is 15.8. The van der Waals surface area contributed by atoms with E-state index in [-0.39, 0.29) is 11.8 Å². The highest BCUT2D eigenvalue weighted by atomic mass is 35.5. The van der Waals surface area contributed by atoms with Crippen LogP contribution in [0.25, 0.3) is 0 Å². The van der Waals surface area contributed by atoms with Gasteiger partial charge in [0.15, 0.2) is 0 Å². The zero-order valence-electron chi connectivity index (χ0n) is 13.8. The molecule has 26 heavy (non-hydrogen) atoms. The minimum absolute atomic E-state index is 0.0766. The Labute approximate surface area is 154 Å².